The van der Waals surface area contributed by atoms with Gasteiger partial charge in [0, 0.05) is 17.9 Å². The number of amides is 2. The highest BCUT2D eigenvalue weighted by molar-refractivity contribution is 5.85. The molecule has 35 heavy (non-hydrogen) atoms. The number of carboxylic acids is 1. The van der Waals surface area contributed by atoms with Crippen LogP contribution in [0.3, 0.4) is 0 Å². The molecule has 1 atom stereocenters. The van der Waals surface area contributed by atoms with Gasteiger partial charge in [-0.25, -0.2) is 9.59 Å². The molecule has 7 heteroatoms. The topological polar surface area (TPSA) is 105 Å². The number of hydrogen-bond acceptors (Lipinski definition) is 4. The van der Waals surface area contributed by atoms with Gasteiger partial charge in [0.15, 0.2) is 0 Å². The van der Waals surface area contributed by atoms with Gasteiger partial charge in [0.05, 0.1) is 0 Å². The number of carboxylic acid groups (broad SMARTS) is 1. The lowest BCUT2D eigenvalue weighted by atomic mass is 9.83. The predicted octanol–water partition coefficient (Wildman–Crippen LogP) is 4.70. The summed E-state index contributed by atoms with van der Waals surface area (Å²) in [5, 5.41) is 15.1. The molecule has 0 radical (unpaired) electrons. The smallest absolute Gasteiger partial charge is 0.407 e. The highest BCUT2D eigenvalue weighted by Gasteiger charge is 2.36. The lowest BCUT2D eigenvalue weighted by molar-refractivity contribution is -0.145. The molecule has 2 aliphatic carbocycles. The Morgan fingerprint density at radius 1 is 0.943 bits per heavy atom. The maximum Gasteiger partial charge on any atom is 0.407 e. The molecule has 0 heterocycles. The van der Waals surface area contributed by atoms with Crippen LogP contribution < -0.4 is 10.6 Å². The van der Waals surface area contributed by atoms with E-state index in [1.54, 1.807) is 20.8 Å². The van der Waals surface area contributed by atoms with Gasteiger partial charge in [0.2, 0.25) is 5.91 Å². The van der Waals surface area contributed by atoms with Gasteiger partial charge in [-0.15, -0.1) is 0 Å². The zero-order valence-electron chi connectivity index (χ0n) is 20.5. The largest absolute Gasteiger partial charge is 0.480 e. The summed E-state index contributed by atoms with van der Waals surface area (Å²) in [6.45, 7) is 5.64. The Morgan fingerprint density at radius 2 is 1.49 bits per heavy atom. The third kappa shape index (κ3) is 5.50. The highest BCUT2D eigenvalue weighted by Crippen LogP contribution is 2.44. The summed E-state index contributed by atoms with van der Waals surface area (Å²) in [5.74, 6) is -1.50. The number of ether oxygens (including phenoxy) is 1. The normalized spacial score (nSPS) is 20.3. The average Bonchev–Trinajstić information content (AvgIpc) is 3.14. The molecule has 0 saturated heterocycles. The van der Waals surface area contributed by atoms with Crippen LogP contribution in [0.1, 0.15) is 63.5 Å². The average molecular weight is 479 g/mol. The highest BCUT2D eigenvalue weighted by atomic mass is 16.5. The SMILES string of the molecule is CC(C)(C)C(NC(=O)C1CCC(NC(=O)OCC2c3ccccc3-c3ccccc32)CC1)C(=O)O. The summed E-state index contributed by atoms with van der Waals surface area (Å²) in [5.41, 5.74) is 4.13. The van der Waals surface area contributed by atoms with Crippen molar-refractivity contribution in [1.29, 1.82) is 0 Å². The number of benzene rings is 2. The molecule has 2 aromatic rings. The number of fused-ring (bicyclic) bond motifs is 3. The molecular formula is C28H34N2O5. The summed E-state index contributed by atoms with van der Waals surface area (Å²) >= 11 is 0. The van der Waals surface area contributed by atoms with Gasteiger partial charge in [0.25, 0.3) is 0 Å². The second kappa shape index (κ2) is 10.1. The molecule has 2 aliphatic rings. The van der Waals surface area contributed by atoms with Gasteiger partial charge >= 0.3 is 12.1 Å². The van der Waals surface area contributed by atoms with Crippen molar-refractivity contribution in [2.75, 3.05) is 6.61 Å². The minimum Gasteiger partial charge on any atom is -0.480 e. The standard InChI is InChI=1S/C28H34N2O5/c1-28(2,3)24(26(32)33)30-25(31)17-12-14-18(15-13-17)29-27(34)35-16-23-21-10-6-4-8-19(21)20-9-5-7-11-22(20)23/h4-11,17-18,23-24H,12-16H2,1-3H3,(H,29,34)(H,30,31)(H,32,33). The number of hydrogen-bond donors (Lipinski definition) is 3. The fourth-order valence-corrected chi connectivity index (χ4v) is 5.22. The van der Waals surface area contributed by atoms with Crippen molar-refractivity contribution in [3.05, 3.63) is 59.7 Å². The van der Waals surface area contributed by atoms with Gasteiger partial charge in [-0.05, 0) is 53.4 Å². The van der Waals surface area contributed by atoms with Crippen LogP contribution in [-0.4, -0.2) is 41.8 Å². The number of rotatable bonds is 6. The van der Waals surface area contributed by atoms with E-state index in [2.05, 4.69) is 34.9 Å². The van der Waals surface area contributed by atoms with Crippen molar-refractivity contribution in [3.63, 3.8) is 0 Å². The van der Waals surface area contributed by atoms with Crippen LogP contribution in [-0.2, 0) is 14.3 Å². The Kier molecular flexibility index (Phi) is 7.15. The molecule has 3 N–H and O–H groups in total. The number of alkyl carbamates (subject to hydrolysis) is 1. The summed E-state index contributed by atoms with van der Waals surface area (Å²) in [4.78, 5) is 36.8. The molecule has 0 bridgehead atoms. The van der Waals surface area contributed by atoms with Gasteiger partial charge < -0.3 is 20.5 Å². The molecule has 4 rings (SSSR count). The number of carbonyl (C=O) groups excluding carboxylic acids is 2. The minimum absolute atomic E-state index is 0.0116. The van der Waals surface area contributed by atoms with Gasteiger partial charge in [-0.2, -0.15) is 0 Å². The first-order chi connectivity index (χ1) is 16.6. The third-order valence-electron chi connectivity index (χ3n) is 7.16. The van der Waals surface area contributed by atoms with E-state index >= 15 is 0 Å². The Morgan fingerprint density at radius 3 is 2.00 bits per heavy atom. The lowest BCUT2D eigenvalue weighted by Crippen LogP contribution is -2.51. The fraction of sp³-hybridized carbons (Fsp3) is 0.464. The van der Waals surface area contributed by atoms with Crippen LogP contribution in [0.4, 0.5) is 4.79 Å². The Labute approximate surface area is 206 Å². The van der Waals surface area contributed by atoms with Crippen molar-refractivity contribution >= 4 is 18.0 Å². The molecule has 1 saturated carbocycles. The number of aliphatic carboxylic acids is 1. The Bertz CT molecular complexity index is 1050. The lowest BCUT2D eigenvalue weighted by Gasteiger charge is -2.32. The maximum absolute atomic E-state index is 12.7. The van der Waals surface area contributed by atoms with Gasteiger partial charge in [0.1, 0.15) is 12.6 Å². The molecule has 186 valence electrons. The minimum atomic E-state index is -1.03. The summed E-state index contributed by atoms with van der Waals surface area (Å²) in [7, 11) is 0. The van der Waals surface area contributed by atoms with E-state index in [1.165, 1.54) is 22.3 Å². The van der Waals surface area contributed by atoms with E-state index < -0.39 is 23.5 Å². The van der Waals surface area contributed by atoms with E-state index in [-0.39, 0.29) is 30.4 Å². The van der Waals surface area contributed by atoms with Crippen molar-refractivity contribution in [2.24, 2.45) is 11.3 Å². The quantitative estimate of drug-likeness (QED) is 0.558. The summed E-state index contributed by atoms with van der Waals surface area (Å²) < 4.78 is 5.64. The predicted molar refractivity (Wildman–Crippen MR) is 133 cm³/mol. The molecule has 1 fully saturated rings. The maximum atomic E-state index is 12.7. The van der Waals surface area contributed by atoms with Crippen LogP contribution in [0.15, 0.2) is 48.5 Å². The molecule has 2 amide bonds. The van der Waals surface area contributed by atoms with E-state index in [1.807, 2.05) is 24.3 Å². The molecular weight excluding hydrogens is 444 g/mol. The first-order valence-corrected chi connectivity index (χ1v) is 12.3. The Balaban J connectivity index is 1.27. The van der Waals surface area contributed by atoms with Crippen LogP contribution in [0, 0.1) is 11.3 Å². The third-order valence-corrected chi connectivity index (χ3v) is 7.16. The first kappa shape index (κ1) is 24.8. The van der Waals surface area contributed by atoms with E-state index in [9.17, 15) is 19.5 Å². The van der Waals surface area contributed by atoms with E-state index in [4.69, 9.17) is 4.74 Å². The second-order valence-electron chi connectivity index (χ2n) is 10.7. The van der Waals surface area contributed by atoms with Crippen LogP contribution >= 0.6 is 0 Å². The van der Waals surface area contributed by atoms with Crippen molar-refractivity contribution in [3.8, 4) is 11.1 Å². The van der Waals surface area contributed by atoms with Gasteiger partial charge in [-0.1, -0.05) is 69.3 Å². The Hall–Kier alpha value is -3.35. The van der Waals surface area contributed by atoms with Crippen LogP contribution in [0.25, 0.3) is 11.1 Å². The second-order valence-corrected chi connectivity index (χ2v) is 10.7. The fourth-order valence-electron chi connectivity index (χ4n) is 5.22. The zero-order chi connectivity index (χ0) is 25.2. The van der Waals surface area contributed by atoms with Crippen molar-refractivity contribution < 1.29 is 24.2 Å². The molecule has 0 aliphatic heterocycles. The molecule has 0 aromatic heterocycles. The van der Waals surface area contributed by atoms with Crippen LogP contribution in [0.5, 0.6) is 0 Å². The van der Waals surface area contributed by atoms with Crippen molar-refractivity contribution in [2.45, 2.75) is 64.5 Å². The van der Waals surface area contributed by atoms with E-state index in [0.717, 1.165) is 0 Å². The molecule has 0 spiro atoms. The monoisotopic (exact) mass is 478 g/mol. The number of carbonyl (C=O) groups is 3. The zero-order valence-corrected chi connectivity index (χ0v) is 20.5. The molecule has 7 nitrogen and oxygen atoms in total. The number of nitrogens with one attached hydrogen (secondary N) is 2. The molecule has 2 aromatic carbocycles. The van der Waals surface area contributed by atoms with Crippen molar-refractivity contribution in [1.82, 2.24) is 10.6 Å². The van der Waals surface area contributed by atoms with Gasteiger partial charge in [-0.3, -0.25) is 4.79 Å². The van der Waals surface area contributed by atoms with E-state index in [0.29, 0.717) is 25.7 Å². The van der Waals surface area contributed by atoms with Crippen LogP contribution in [0.2, 0.25) is 0 Å². The summed E-state index contributed by atoms with van der Waals surface area (Å²) in [6.07, 6.45) is 2.04. The first-order valence-electron chi connectivity index (χ1n) is 12.3. The summed E-state index contributed by atoms with van der Waals surface area (Å²) in [6, 6.07) is 15.4. The molecule has 1 unspecified atom stereocenters.